The number of carbonyl (C=O) groups excluding carboxylic acids is 5. The third kappa shape index (κ3) is 3.31. The van der Waals surface area contributed by atoms with Crippen LogP contribution in [0.5, 0.6) is 0 Å². The normalized spacial score (nSPS) is 18.8. The maximum Gasteiger partial charge on any atom is 0.319 e. The van der Waals surface area contributed by atoms with Gasteiger partial charge in [-0.05, 0) is 25.5 Å². The van der Waals surface area contributed by atoms with E-state index in [1.165, 1.54) is 6.07 Å². The molecule has 9 nitrogen and oxygen atoms in total. The number of hydrogen-bond donors (Lipinski definition) is 3. The number of para-hydroxylation sites is 1. The number of allylic oxidation sites excluding steroid dienone is 1. The first kappa shape index (κ1) is 18.3. The molecule has 3 N–H and O–H groups in total. The molecule has 0 radical (unpaired) electrons. The van der Waals surface area contributed by atoms with E-state index in [-0.39, 0.29) is 11.1 Å². The van der Waals surface area contributed by atoms with Crippen molar-refractivity contribution in [3.05, 3.63) is 41.1 Å². The fraction of sp³-hybridized carbons (Fsp3) is 0.278. The lowest BCUT2D eigenvalue weighted by molar-refractivity contribution is -0.128. The zero-order valence-electron chi connectivity index (χ0n) is 14.8. The number of carbonyl (C=O) groups is 5. The summed E-state index contributed by atoms with van der Waals surface area (Å²) in [6.45, 7) is 2.90. The van der Waals surface area contributed by atoms with Crippen molar-refractivity contribution in [1.82, 2.24) is 16.0 Å². The number of imide groups is 1. The van der Waals surface area contributed by atoms with E-state index in [9.17, 15) is 24.0 Å². The van der Waals surface area contributed by atoms with Gasteiger partial charge in [0.05, 0.1) is 22.9 Å². The van der Waals surface area contributed by atoms with Gasteiger partial charge in [0.25, 0.3) is 17.6 Å². The van der Waals surface area contributed by atoms with Crippen LogP contribution in [0.3, 0.4) is 0 Å². The maximum atomic E-state index is 12.5. The Labute approximate surface area is 154 Å². The number of benzene rings is 1. The molecular weight excluding hydrogens is 352 g/mol. The summed E-state index contributed by atoms with van der Waals surface area (Å²) in [5, 5.41) is 7.33. The molecule has 5 amide bonds. The van der Waals surface area contributed by atoms with Crippen molar-refractivity contribution in [2.75, 3.05) is 11.4 Å². The Balaban J connectivity index is 1.74. The lowest BCUT2D eigenvalue weighted by Gasteiger charge is -2.27. The van der Waals surface area contributed by atoms with Crippen LogP contribution in [-0.2, 0) is 14.4 Å². The van der Waals surface area contributed by atoms with E-state index in [0.29, 0.717) is 17.8 Å². The molecule has 0 fully saturated rings. The van der Waals surface area contributed by atoms with Crippen molar-refractivity contribution in [3.63, 3.8) is 0 Å². The molecule has 1 atom stereocenters. The van der Waals surface area contributed by atoms with Gasteiger partial charge in [-0.25, -0.2) is 4.79 Å². The first-order chi connectivity index (χ1) is 12.8. The fourth-order valence-electron chi connectivity index (χ4n) is 3.18. The third-order valence-electron chi connectivity index (χ3n) is 4.45. The molecule has 2 heterocycles. The van der Waals surface area contributed by atoms with Crippen molar-refractivity contribution < 1.29 is 24.0 Å². The van der Waals surface area contributed by atoms with E-state index in [1.807, 2.05) is 0 Å². The monoisotopic (exact) mass is 370 g/mol. The van der Waals surface area contributed by atoms with Gasteiger partial charge in [-0.1, -0.05) is 19.1 Å². The highest BCUT2D eigenvalue weighted by Gasteiger charge is 2.37. The van der Waals surface area contributed by atoms with E-state index in [2.05, 4.69) is 16.0 Å². The number of nitrogens with zero attached hydrogens (tertiary/aromatic N) is 1. The maximum absolute atomic E-state index is 12.5. The van der Waals surface area contributed by atoms with Crippen molar-refractivity contribution in [1.29, 1.82) is 0 Å². The second-order valence-corrected chi connectivity index (χ2v) is 6.21. The van der Waals surface area contributed by atoms with E-state index >= 15 is 0 Å². The molecule has 2 aliphatic heterocycles. The van der Waals surface area contributed by atoms with E-state index < -0.39 is 42.1 Å². The van der Waals surface area contributed by atoms with Gasteiger partial charge in [0.2, 0.25) is 5.91 Å². The highest BCUT2D eigenvalue weighted by atomic mass is 16.2. The minimum atomic E-state index is -0.813. The Morgan fingerprint density at radius 3 is 2.59 bits per heavy atom. The van der Waals surface area contributed by atoms with Crippen LogP contribution in [0.1, 0.15) is 30.6 Å². The van der Waals surface area contributed by atoms with Crippen LogP contribution in [0.4, 0.5) is 10.5 Å². The average molecular weight is 370 g/mol. The standard InChI is InChI=1S/C18H18N4O5/c1-3-11-14(9(2)19-18(27)20-11)16(25)21-13(23)8-22-12-7-5-4-6-10(12)15(24)17(22)26/h4-7,11H,3,8H2,1-2H3,(H2,19,20,27)(H,21,23,25). The average Bonchev–Trinajstić information content (AvgIpc) is 2.86. The van der Waals surface area contributed by atoms with E-state index in [1.54, 1.807) is 32.0 Å². The molecule has 0 saturated carbocycles. The molecule has 0 aliphatic carbocycles. The Kier molecular flexibility index (Phi) is 4.76. The molecule has 1 aromatic rings. The molecule has 9 heteroatoms. The number of nitrogens with one attached hydrogen (secondary N) is 3. The predicted octanol–water partition coefficient (Wildman–Crippen LogP) is 0.224. The smallest absolute Gasteiger partial charge is 0.319 e. The van der Waals surface area contributed by atoms with Crippen molar-refractivity contribution >= 4 is 35.2 Å². The molecule has 1 unspecified atom stereocenters. The number of hydrogen-bond acceptors (Lipinski definition) is 5. The van der Waals surface area contributed by atoms with Crippen LogP contribution < -0.4 is 20.9 Å². The molecule has 0 saturated heterocycles. The molecule has 27 heavy (non-hydrogen) atoms. The zero-order valence-corrected chi connectivity index (χ0v) is 14.8. The zero-order chi connectivity index (χ0) is 19.7. The molecule has 140 valence electrons. The molecule has 3 rings (SSSR count). The molecule has 2 aliphatic rings. The lowest BCUT2D eigenvalue weighted by Crippen LogP contribution is -2.52. The first-order valence-electron chi connectivity index (χ1n) is 8.41. The number of Topliss-reactive ketones (excluding diaryl/α,β-unsaturated/α-hetero) is 1. The highest BCUT2D eigenvalue weighted by molar-refractivity contribution is 6.52. The van der Waals surface area contributed by atoms with Crippen LogP contribution in [-0.4, -0.2) is 42.1 Å². The highest BCUT2D eigenvalue weighted by Crippen LogP contribution is 2.28. The Morgan fingerprint density at radius 2 is 1.89 bits per heavy atom. The summed E-state index contributed by atoms with van der Waals surface area (Å²) in [4.78, 5) is 61.5. The SMILES string of the molecule is CCC1NC(=O)NC(C)=C1C(=O)NC(=O)CN1C(=O)C(=O)c2ccccc21. The largest absolute Gasteiger partial charge is 0.331 e. The third-order valence-corrected chi connectivity index (χ3v) is 4.45. The molecular formula is C18H18N4O5. The fourth-order valence-corrected chi connectivity index (χ4v) is 3.18. The summed E-state index contributed by atoms with van der Waals surface area (Å²) in [5.74, 6) is -2.89. The van der Waals surface area contributed by atoms with Crippen molar-refractivity contribution in [2.24, 2.45) is 0 Å². The van der Waals surface area contributed by atoms with Gasteiger partial charge >= 0.3 is 6.03 Å². The second-order valence-electron chi connectivity index (χ2n) is 6.21. The van der Waals surface area contributed by atoms with Gasteiger partial charge in [0, 0.05) is 5.70 Å². The quantitative estimate of drug-likeness (QED) is 0.654. The van der Waals surface area contributed by atoms with E-state index in [0.717, 1.165) is 4.90 Å². The second kappa shape index (κ2) is 7.02. The van der Waals surface area contributed by atoms with Crippen LogP contribution in [0.15, 0.2) is 35.5 Å². The van der Waals surface area contributed by atoms with Crippen LogP contribution >= 0.6 is 0 Å². The van der Waals surface area contributed by atoms with E-state index in [4.69, 9.17) is 0 Å². The summed E-state index contributed by atoms with van der Waals surface area (Å²) in [7, 11) is 0. The van der Waals surface area contributed by atoms with Gasteiger partial charge in [-0.15, -0.1) is 0 Å². The molecule has 0 aromatic heterocycles. The molecule has 0 spiro atoms. The van der Waals surface area contributed by atoms with Crippen LogP contribution in [0.2, 0.25) is 0 Å². The summed E-state index contributed by atoms with van der Waals surface area (Å²) >= 11 is 0. The minimum Gasteiger partial charge on any atom is -0.331 e. The van der Waals surface area contributed by atoms with Gasteiger partial charge < -0.3 is 10.6 Å². The Hall–Kier alpha value is -3.49. The van der Waals surface area contributed by atoms with Gasteiger partial charge in [-0.2, -0.15) is 0 Å². The summed E-state index contributed by atoms with van der Waals surface area (Å²) in [6, 6.07) is 5.41. The van der Waals surface area contributed by atoms with Crippen LogP contribution in [0, 0.1) is 0 Å². The number of amides is 5. The summed E-state index contributed by atoms with van der Waals surface area (Å²) in [5.41, 5.74) is 1.16. The van der Waals surface area contributed by atoms with Crippen molar-refractivity contribution in [2.45, 2.75) is 26.3 Å². The van der Waals surface area contributed by atoms with Crippen LogP contribution in [0.25, 0.3) is 0 Å². The molecule has 0 bridgehead atoms. The summed E-state index contributed by atoms with van der Waals surface area (Å²) < 4.78 is 0. The number of rotatable bonds is 4. The number of ketones is 1. The van der Waals surface area contributed by atoms with Gasteiger partial charge in [0.1, 0.15) is 6.54 Å². The first-order valence-corrected chi connectivity index (χ1v) is 8.41. The number of fused-ring (bicyclic) bond motifs is 1. The predicted molar refractivity (Wildman–Crippen MR) is 94.7 cm³/mol. The van der Waals surface area contributed by atoms with Gasteiger partial charge in [0.15, 0.2) is 0 Å². The Bertz CT molecular complexity index is 905. The topological polar surface area (TPSA) is 125 Å². The number of anilines is 1. The lowest BCUT2D eigenvalue weighted by atomic mass is 10.00. The van der Waals surface area contributed by atoms with Crippen molar-refractivity contribution in [3.8, 4) is 0 Å². The molecule has 1 aromatic carbocycles. The van der Waals surface area contributed by atoms with Gasteiger partial charge in [-0.3, -0.25) is 29.4 Å². The Morgan fingerprint density at radius 1 is 1.19 bits per heavy atom. The summed E-state index contributed by atoms with van der Waals surface area (Å²) in [6.07, 6.45) is 0.466. The minimum absolute atomic E-state index is 0.227. The number of urea groups is 1.